The quantitative estimate of drug-likeness (QED) is 0.864. The maximum absolute atomic E-state index is 12.3. The summed E-state index contributed by atoms with van der Waals surface area (Å²) in [5.41, 5.74) is 0.899. The number of nitrogens with one attached hydrogen (secondary N) is 1. The van der Waals surface area contributed by atoms with Crippen LogP contribution in [0, 0.1) is 0 Å². The summed E-state index contributed by atoms with van der Waals surface area (Å²) in [6.07, 6.45) is 1.86. The van der Waals surface area contributed by atoms with Gasteiger partial charge in [0.05, 0.1) is 18.3 Å². The Bertz CT molecular complexity index is 611. The van der Waals surface area contributed by atoms with Crippen LogP contribution in [-0.4, -0.2) is 48.0 Å². The van der Waals surface area contributed by atoms with Crippen LogP contribution in [0.1, 0.15) is 19.3 Å². The van der Waals surface area contributed by atoms with E-state index in [0.717, 1.165) is 19.4 Å². The van der Waals surface area contributed by atoms with Crippen molar-refractivity contribution in [3.05, 3.63) is 30.3 Å². The molecular formula is C16H19N3O4. The lowest BCUT2D eigenvalue weighted by atomic mass is 10.1. The fourth-order valence-corrected chi connectivity index (χ4v) is 2.78. The Hall–Kier alpha value is -2.41. The van der Waals surface area contributed by atoms with Crippen molar-refractivity contribution in [2.24, 2.45) is 5.10 Å². The second-order valence-corrected chi connectivity index (χ2v) is 5.67. The topological polar surface area (TPSA) is 91.2 Å². The van der Waals surface area contributed by atoms with E-state index in [1.165, 1.54) is 5.01 Å². The number of ether oxygens (including phenoxy) is 1. The van der Waals surface area contributed by atoms with Crippen molar-refractivity contribution in [2.45, 2.75) is 31.3 Å². The van der Waals surface area contributed by atoms with E-state index in [0.29, 0.717) is 12.3 Å². The Balaban J connectivity index is 1.74. The number of amides is 1. The first kappa shape index (κ1) is 15.5. The number of anilines is 1. The highest BCUT2D eigenvalue weighted by atomic mass is 16.5. The van der Waals surface area contributed by atoms with Gasteiger partial charge in [-0.25, -0.2) is 4.79 Å². The Morgan fingerprint density at radius 3 is 2.74 bits per heavy atom. The van der Waals surface area contributed by atoms with Crippen molar-refractivity contribution in [3.8, 4) is 0 Å². The molecule has 0 aromatic heterocycles. The molecule has 0 radical (unpaired) electrons. The second-order valence-electron chi connectivity index (χ2n) is 5.67. The number of nitrogens with zero attached hydrogens (tertiary/aromatic N) is 2. The van der Waals surface area contributed by atoms with E-state index >= 15 is 0 Å². The normalized spacial score (nSPS) is 24.2. The van der Waals surface area contributed by atoms with Gasteiger partial charge >= 0.3 is 5.97 Å². The maximum atomic E-state index is 12.3. The Morgan fingerprint density at radius 2 is 2.09 bits per heavy atom. The second kappa shape index (κ2) is 6.78. The first-order valence-electron chi connectivity index (χ1n) is 7.68. The van der Waals surface area contributed by atoms with Crippen molar-refractivity contribution in [3.63, 3.8) is 0 Å². The van der Waals surface area contributed by atoms with Gasteiger partial charge in [0.1, 0.15) is 5.71 Å². The molecular weight excluding hydrogens is 298 g/mol. The summed E-state index contributed by atoms with van der Waals surface area (Å²) in [4.78, 5) is 23.8. The monoisotopic (exact) mass is 317 g/mol. The molecule has 0 bridgehead atoms. The molecule has 1 amide bonds. The summed E-state index contributed by atoms with van der Waals surface area (Å²) in [5.74, 6) is -1.31. The van der Waals surface area contributed by atoms with Crippen LogP contribution >= 0.6 is 0 Å². The zero-order valence-corrected chi connectivity index (χ0v) is 12.6. The van der Waals surface area contributed by atoms with E-state index in [4.69, 9.17) is 4.74 Å². The molecule has 2 aliphatic rings. The number of carbonyl (C=O) groups is 2. The number of carboxylic acid groups (broad SMARTS) is 1. The number of aliphatic carboxylic acids is 1. The summed E-state index contributed by atoms with van der Waals surface area (Å²) in [6.45, 7) is 1.21. The van der Waals surface area contributed by atoms with Gasteiger partial charge in [-0.2, -0.15) is 5.10 Å². The first-order valence-corrected chi connectivity index (χ1v) is 7.68. The van der Waals surface area contributed by atoms with Gasteiger partial charge in [-0.05, 0) is 25.0 Å². The zero-order chi connectivity index (χ0) is 16.2. The molecule has 1 aromatic carbocycles. The summed E-state index contributed by atoms with van der Waals surface area (Å²) < 4.78 is 5.34. The van der Waals surface area contributed by atoms with E-state index in [2.05, 4.69) is 10.4 Å². The van der Waals surface area contributed by atoms with Gasteiger partial charge in [-0.3, -0.25) is 9.80 Å². The van der Waals surface area contributed by atoms with Gasteiger partial charge in [0, 0.05) is 13.0 Å². The minimum atomic E-state index is -0.999. The van der Waals surface area contributed by atoms with Crippen molar-refractivity contribution < 1.29 is 19.4 Å². The van der Waals surface area contributed by atoms with Gasteiger partial charge in [-0.1, -0.05) is 18.2 Å². The molecule has 1 fully saturated rings. The molecule has 1 saturated heterocycles. The third-order valence-electron chi connectivity index (χ3n) is 3.97. The van der Waals surface area contributed by atoms with Gasteiger partial charge in [0.2, 0.25) is 0 Å². The smallest absolute Gasteiger partial charge is 0.328 e. The van der Waals surface area contributed by atoms with Crippen LogP contribution in [0.2, 0.25) is 0 Å². The summed E-state index contributed by atoms with van der Waals surface area (Å²) in [6, 6.07) is 8.11. The third-order valence-corrected chi connectivity index (χ3v) is 3.97. The van der Waals surface area contributed by atoms with Crippen molar-refractivity contribution in [1.29, 1.82) is 0 Å². The average Bonchev–Trinajstić information content (AvgIpc) is 3.02. The summed E-state index contributed by atoms with van der Waals surface area (Å²) in [5, 5.41) is 17.9. The summed E-state index contributed by atoms with van der Waals surface area (Å²) in [7, 11) is 0. The molecule has 2 atom stereocenters. The molecule has 23 heavy (non-hydrogen) atoms. The van der Waals surface area contributed by atoms with Crippen LogP contribution in [0.5, 0.6) is 0 Å². The highest BCUT2D eigenvalue weighted by Crippen LogP contribution is 2.24. The standard InChI is InChI=1S/C16H19N3O4/c20-15(17-11-5-4-8-23-10-11)13-9-14(16(21)22)19(18-13)12-6-2-1-3-7-12/h1-3,6-7,11,14H,4-5,8-10H2,(H,17,20)(H,21,22). The predicted molar refractivity (Wildman–Crippen MR) is 84.4 cm³/mol. The number of hydrazone groups is 1. The molecule has 0 spiro atoms. The van der Waals surface area contributed by atoms with Crippen LogP contribution in [0.15, 0.2) is 35.4 Å². The van der Waals surface area contributed by atoms with Gasteiger partial charge in [0.25, 0.3) is 5.91 Å². The molecule has 2 aliphatic heterocycles. The van der Waals surface area contributed by atoms with Crippen LogP contribution < -0.4 is 10.3 Å². The molecule has 2 heterocycles. The lowest BCUT2D eigenvalue weighted by Crippen LogP contribution is -2.43. The predicted octanol–water partition coefficient (Wildman–Crippen LogP) is 1.00. The van der Waals surface area contributed by atoms with Gasteiger partial charge in [0.15, 0.2) is 6.04 Å². The molecule has 7 heteroatoms. The van der Waals surface area contributed by atoms with Crippen LogP contribution in [0.3, 0.4) is 0 Å². The maximum Gasteiger partial charge on any atom is 0.328 e. The van der Waals surface area contributed by atoms with Crippen molar-refractivity contribution >= 4 is 23.3 Å². The molecule has 2 N–H and O–H groups in total. The fraction of sp³-hybridized carbons (Fsp3) is 0.438. The number of hydrogen-bond acceptors (Lipinski definition) is 5. The SMILES string of the molecule is O=C(NC1CCCOC1)C1=NN(c2ccccc2)C(C(=O)O)C1. The zero-order valence-electron chi connectivity index (χ0n) is 12.6. The molecule has 7 nitrogen and oxygen atoms in total. The minimum Gasteiger partial charge on any atom is -0.480 e. The van der Waals surface area contributed by atoms with E-state index < -0.39 is 12.0 Å². The van der Waals surface area contributed by atoms with E-state index in [1.54, 1.807) is 24.3 Å². The highest BCUT2D eigenvalue weighted by molar-refractivity contribution is 6.40. The molecule has 1 aromatic rings. The number of benzene rings is 1. The molecule has 2 unspecified atom stereocenters. The molecule has 3 rings (SSSR count). The molecule has 0 saturated carbocycles. The van der Waals surface area contributed by atoms with Gasteiger partial charge in [-0.15, -0.1) is 0 Å². The molecule has 122 valence electrons. The van der Waals surface area contributed by atoms with Crippen LogP contribution in [0.25, 0.3) is 0 Å². The van der Waals surface area contributed by atoms with E-state index in [9.17, 15) is 14.7 Å². The van der Waals surface area contributed by atoms with E-state index in [1.807, 2.05) is 6.07 Å². The lowest BCUT2D eigenvalue weighted by Gasteiger charge is -2.22. The Morgan fingerprint density at radius 1 is 1.30 bits per heavy atom. The Labute approximate surface area is 133 Å². The number of para-hydroxylation sites is 1. The van der Waals surface area contributed by atoms with Crippen LogP contribution in [0.4, 0.5) is 5.69 Å². The fourth-order valence-electron chi connectivity index (χ4n) is 2.78. The van der Waals surface area contributed by atoms with Crippen LogP contribution in [-0.2, 0) is 14.3 Å². The number of hydrogen-bond donors (Lipinski definition) is 2. The number of carboxylic acids is 1. The molecule has 0 aliphatic carbocycles. The highest BCUT2D eigenvalue weighted by Gasteiger charge is 2.36. The first-order chi connectivity index (χ1) is 11.1. The van der Waals surface area contributed by atoms with Crippen molar-refractivity contribution in [2.75, 3.05) is 18.2 Å². The average molecular weight is 317 g/mol. The van der Waals surface area contributed by atoms with E-state index in [-0.39, 0.29) is 24.1 Å². The summed E-state index contributed by atoms with van der Waals surface area (Å²) >= 11 is 0. The lowest BCUT2D eigenvalue weighted by molar-refractivity contribution is -0.138. The number of rotatable bonds is 4. The third kappa shape index (κ3) is 3.50. The van der Waals surface area contributed by atoms with Crippen molar-refractivity contribution in [1.82, 2.24) is 5.32 Å². The van der Waals surface area contributed by atoms with Gasteiger partial charge < -0.3 is 15.2 Å². The largest absolute Gasteiger partial charge is 0.480 e. The Kier molecular flexibility index (Phi) is 4.57. The number of carbonyl (C=O) groups excluding carboxylic acids is 1. The minimum absolute atomic E-state index is 0.0343.